The van der Waals surface area contributed by atoms with Gasteiger partial charge in [-0.05, 0) is 90.9 Å². The van der Waals surface area contributed by atoms with Crippen molar-refractivity contribution in [1.82, 2.24) is 0 Å². The van der Waals surface area contributed by atoms with Crippen LogP contribution >= 0.6 is 0 Å². The van der Waals surface area contributed by atoms with Gasteiger partial charge >= 0.3 is 17.9 Å². The van der Waals surface area contributed by atoms with Gasteiger partial charge in [-0.2, -0.15) is 0 Å². The summed E-state index contributed by atoms with van der Waals surface area (Å²) in [5.74, 6) is -2.29. The van der Waals surface area contributed by atoms with Crippen molar-refractivity contribution in [3.05, 3.63) is 41.8 Å². The third-order valence-corrected chi connectivity index (χ3v) is 7.30. The highest BCUT2D eigenvalue weighted by atomic mass is 16.7. The number of aliphatic hydroxyl groups is 1. The smallest absolute Gasteiger partial charge is 0.311 e. The second-order valence-corrected chi connectivity index (χ2v) is 14.4. The van der Waals surface area contributed by atoms with Crippen LogP contribution < -0.4 is 0 Å². The summed E-state index contributed by atoms with van der Waals surface area (Å²) in [5, 5.41) is 26.1. The number of aliphatic hydroxyl groups excluding tert-OH is 1. The second-order valence-electron chi connectivity index (χ2n) is 14.4. The topological polar surface area (TPSA) is 313 Å². The van der Waals surface area contributed by atoms with Crippen molar-refractivity contribution in [3.8, 4) is 0 Å². The zero-order valence-electron chi connectivity index (χ0n) is 28.3. The normalized spacial score (nSPS) is 30.5. The molecule has 21 nitrogen and oxygen atoms in total. The number of esters is 3. The van der Waals surface area contributed by atoms with Crippen molar-refractivity contribution in [3.63, 3.8) is 0 Å². The van der Waals surface area contributed by atoms with Crippen LogP contribution in [0.25, 0.3) is 41.8 Å². The molecule has 1 aliphatic carbocycles. The van der Waals surface area contributed by atoms with E-state index in [4.69, 9.17) is 29.2 Å². The van der Waals surface area contributed by atoms with E-state index < -0.39 is 102 Å². The van der Waals surface area contributed by atoms with Gasteiger partial charge in [0.2, 0.25) is 0 Å². The molecule has 21 heteroatoms. The number of carbonyl (C=O) groups is 3. The summed E-state index contributed by atoms with van der Waals surface area (Å²) in [6, 6.07) is -4.06. The largest absolute Gasteiger partial charge is 0.459 e. The highest BCUT2D eigenvalue weighted by Crippen LogP contribution is 2.37. The van der Waals surface area contributed by atoms with E-state index in [1.807, 2.05) is 0 Å². The van der Waals surface area contributed by atoms with Gasteiger partial charge in [0.05, 0.1) is 41.0 Å². The Hall–Kier alpha value is -4.47. The van der Waals surface area contributed by atoms with E-state index in [0.717, 1.165) is 0 Å². The first-order chi connectivity index (χ1) is 22.2. The van der Waals surface area contributed by atoms with Crippen molar-refractivity contribution in [1.29, 1.82) is 0 Å². The van der Waals surface area contributed by atoms with Gasteiger partial charge < -0.3 is 28.8 Å². The standard InChI is InChI=1S/C27H42N12O9/c1-25(2,3)22(41)46-18-13(34-38-30)10-12(33-37-29)17(16(18)40)45-21-15(35-39-31)20(48-24(43)27(7,8)9)19(14(44-21)11-32-36-28)47-23(42)26(4,5)6/h12-21,40H,10-11H2,1-9H3/t12-,13+,14+,15+,16-,17+,18-,19+,20+,21+/m0/s1. The molecule has 1 aliphatic heterocycles. The van der Waals surface area contributed by atoms with Crippen LogP contribution in [0.5, 0.6) is 0 Å². The molecule has 0 aromatic rings. The van der Waals surface area contributed by atoms with Crippen LogP contribution in [-0.2, 0) is 38.1 Å². The Bertz CT molecular complexity index is 1400. The summed E-state index contributed by atoms with van der Waals surface area (Å²) in [5.41, 5.74) is 34.0. The van der Waals surface area contributed by atoms with E-state index in [2.05, 4.69) is 40.1 Å². The minimum atomic E-state index is -1.81. The molecule has 0 unspecified atom stereocenters. The van der Waals surface area contributed by atoms with Crippen molar-refractivity contribution in [2.24, 2.45) is 36.7 Å². The van der Waals surface area contributed by atoms with Crippen LogP contribution in [0.1, 0.15) is 68.7 Å². The lowest BCUT2D eigenvalue weighted by molar-refractivity contribution is -0.294. The lowest BCUT2D eigenvalue weighted by atomic mass is 9.83. The van der Waals surface area contributed by atoms with E-state index in [9.17, 15) is 36.1 Å². The summed E-state index contributed by atoms with van der Waals surface area (Å²) in [4.78, 5) is 50.3. The first-order valence-corrected chi connectivity index (χ1v) is 15.0. The second kappa shape index (κ2) is 16.1. The zero-order valence-corrected chi connectivity index (χ0v) is 28.3. The first kappa shape index (κ1) is 39.7. The summed E-state index contributed by atoms with van der Waals surface area (Å²) in [7, 11) is 0. The number of hydrogen-bond acceptors (Lipinski definition) is 13. The Morgan fingerprint density at radius 3 is 1.56 bits per heavy atom. The first-order valence-electron chi connectivity index (χ1n) is 15.0. The van der Waals surface area contributed by atoms with E-state index in [0.29, 0.717) is 0 Å². The minimum Gasteiger partial charge on any atom is -0.459 e. The highest BCUT2D eigenvalue weighted by Gasteiger charge is 2.55. The van der Waals surface area contributed by atoms with E-state index in [1.165, 1.54) is 0 Å². The molecular weight excluding hydrogens is 636 g/mol. The molecule has 2 aliphatic rings. The van der Waals surface area contributed by atoms with Crippen LogP contribution in [0.15, 0.2) is 20.5 Å². The molecule has 1 saturated heterocycles. The van der Waals surface area contributed by atoms with Gasteiger partial charge in [0, 0.05) is 19.6 Å². The molecule has 0 amide bonds. The predicted molar refractivity (Wildman–Crippen MR) is 165 cm³/mol. The summed E-state index contributed by atoms with van der Waals surface area (Å²) in [6.45, 7) is 13.6. The summed E-state index contributed by atoms with van der Waals surface area (Å²) >= 11 is 0. The minimum absolute atomic E-state index is 0.257. The molecule has 10 atom stereocenters. The summed E-state index contributed by atoms with van der Waals surface area (Å²) in [6.07, 6.45) is -11.3. The third kappa shape index (κ3) is 10.0. The number of azide groups is 4. The molecule has 0 aromatic heterocycles. The van der Waals surface area contributed by atoms with Crippen LogP contribution in [-0.4, -0.2) is 90.6 Å². The van der Waals surface area contributed by atoms with Crippen molar-refractivity contribution in [2.45, 2.75) is 130 Å². The maximum atomic E-state index is 13.2. The SMILES string of the molecule is CC(C)(C)C(=O)O[C@@H]1[C@@H](N=[N+]=[N-])[C@@H](O[C@H]2[C@H](O)[C@@H](OC(=O)C(C)(C)C)[C@H](N=[N+]=[N-])C[C@@H]2N=[N+]=[N-])O[C@H](CN=[N+]=[N-])[C@H]1OC(=O)C(C)(C)C. The predicted octanol–water partition coefficient (Wildman–Crippen LogP) is 5.08. The van der Waals surface area contributed by atoms with Gasteiger partial charge in [-0.15, -0.1) is 0 Å². The third-order valence-electron chi connectivity index (χ3n) is 7.30. The maximum absolute atomic E-state index is 13.2. The van der Waals surface area contributed by atoms with Gasteiger partial charge in [0.1, 0.15) is 24.4 Å². The van der Waals surface area contributed by atoms with Gasteiger partial charge in [0.25, 0.3) is 0 Å². The van der Waals surface area contributed by atoms with Crippen LogP contribution in [0, 0.1) is 16.2 Å². The number of ether oxygens (including phenoxy) is 5. The van der Waals surface area contributed by atoms with Gasteiger partial charge in [-0.25, -0.2) is 0 Å². The lowest BCUT2D eigenvalue weighted by Crippen LogP contribution is -2.64. The fourth-order valence-corrected chi connectivity index (χ4v) is 4.62. The Balaban J connectivity index is 2.71. The summed E-state index contributed by atoms with van der Waals surface area (Å²) < 4.78 is 29.3. The van der Waals surface area contributed by atoms with Crippen molar-refractivity contribution < 1.29 is 43.2 Å². The molecule has 0 bridgehead atoms. The van der Waals surface area contributed by atoms with Crippen molar-refractivity contribution in [2.75, 3.05) is 6.54 Å². The zero-order chi connectivity index (χ0) is 36.6. The molecule has 0 radical (unpaired) electrons. The highest BCUT2D eigenvalue weighted by molar-refractivity contribution is 5.77. The van der Waals surface area contributed by atoms with E-state index in [-0.39, 0.29) is 6.42 Å². The molecule has 0 aromatic carbocycles. The van der Waals surface area contributed by atoms with Crippen LogP contribution in [0.3, 0.4) is 0 Å². The number of hydrogen-bond donors (Lipinski definition) is 1. The van der Waals surface area contributed by atoms with Crippen LogP contribution in [0.4, 0.5) is 0 Å². The molecule has 0 spiro atoms. The Labute approximate surface area is 276 Å². The van der Waals surface area contributed by atoms with Gasteiger partial charge in [0.15, 0.2) is 18.5 Å². The number of rotatable bonds is 10. The molecule has 264 valence electrons. The van der Waals surface area contributed by atoms with Crippen molar-refractivity contribution >= 4 is 17.9 Å². The van der Waals surface area contributed by atoms with Gasteiger partial charge in [-0.1, -0.05) is 20.5 Å². The van der Waals surface area contributed by atoms with E-state index in [1.54, 1.807) is 62.3 Å². The molecule has 48 heavy (non-hydrogen) atoms. The quantitative estimate of drug-likeness (QED) is 0.106. The van der Waals surface area contributed by atoms with Gasteiger partial charge in [-0.3, -0.25) is 14.4 Å². The molecule has 1 heterocycles. The molecule has 2 fully saturated rings. The number of nitrogens with zero attached hydrogens (tertiary/aromatic N) is 12. The average Bonchev–Trinajstić information content (AvgIpc) is 2.97. The fraction of sp³-hybridized carbons (Fsp3) is 0.889. The molecule has 2 rings (SSSR count). The number of carbonyl (C=O) groups excluding carboxylic acids is 3. The average molecular weight is 679 g/mol. The molecule has 1 saturated carbocycles. The Morgan fingerprint density at radius 1 is 0.688 bits per heavy atom. The maximum Gasteiger partial charge on any atom is 0.311 e. The molecule has 1 N–H and O–H groups in total. The van der Waals surface area contributed by atoms with E-state index >= 15 is 0 Å². The fourth-order valence-electron chi connectivity index (χ4n) is 4.62. The Morgan fingerprint density at radius 2 is 1.12 bits per heavy atom. The monoisotopic (exact) mass is 678 g/mol. The molecular formula is C27H42N12O9. The lowest BCUT2D eigenvalue weighted by Gasteiger charge is -2.48. The Kier molecular flexibility index (Phi) is 13.3. The van der Waals surface area contributed by atoms with Crippen LogP contribution in [0.2, 0.25) is 0 Å².